The molecule has 142 valence electrons. The molecule has 2 aromatic carbocycles. The Labute approximate surface area is 170 Å². The van der Waals surface area contributed by atoms with Gasteiger partial charge in [-0.15, -0.1) is 0 Å². The zero-order valence-electron chi connectivity index (χ0n) is 15.5. The fraction of sp³-hybridized carbons (Fsp3) is 0.381. The van der Waals surface area contributed by atoms with Crippen LogP contribution in [0.4, 0.5) is 5.95 Å². The fourth-order valence-electron chi connectivity index (χ4n) is 3.73. The number of imidazole rings is 1. The van der Waals surface area contributed by atoms with Crippen molar-refractivity contribution in [3.63, 3.8) is 0 Å². The third-order valence-electron chi connectivity index (χ3n) is 5.28. The Morgan fingerprint density at radius 2 is 1.96 bits per heavy atom. The van der Waals surface area contributed by atoms with Crippen molar-refractivity contribution in [3.8, 4) is 0 Å². The molecule has 0 radical (unpaired) electrons. The largest absolute Gasteiger partial charge is 0.353 e. The van der Waals surface area contributed by atoms with E-state index in [-0.39, 0.29) is 0 Å². The maximum absolute atomic E-state index is 6.44. The van der Waals surface area contributed by atoms with Gasteiger partial charge < -0.3 is 14.8 Å². The van der Waals surface area contributed by atoms with Crippen LogP contribution < -0.4 is 5.32 Å². The molecule has 1 N–H and O–H groups in total. The Hall–Kier alpha value is -1.75. The lowest BCUT2D eigenvalue weighted by atomic mass is 10.1. The zero-order chi connectivity index (χ0) is 18.8. The number of fused-ring (bicyclic) bond motifs is 1. The van der Waals surface area contributed by atoms with Gasteiger partial charge >= 0.3 is 0 Å². The van der Waals surface area contributed by atoms with Crippen LogP contribution in [0.5, 0.6) is 0 Å². The summed E-state index contributed by atoms with van der Waals surface area (Å²) in [7, 11) is 2.19. The Balaban J connectivity index is 1.66. The summed E-state index contributed by atoms with van der Waals surface area (Å²) < 4.78 is 2.22. The van der Waals surface area contributed by atoms with Gasteiger partial charge in [-0.1, -0.05) is 41.4 Å². The van der Waals surface area contributed by atoms with Crippen molar-refractivity contribution in [1.82, 2.24) is 14.5 Å². The van der Waals surface area contributed by atoms with Crippen molar-refractivity contribution in [2.45, 2.75) is 31.8 Å². The van der Waals surface area contributed by atoms with E-state index in [1.165, 1.54) is 6.42 Å². The average molecular weight is 403 g/mol. The molecule has 1 atom stereocenters. The molecule has 0 saturated carbocycles. The Morgan fingerprint density at radius 3 is 2.81 bits per heavy atom. The molecule has 4 rings (SSSR count). The molecule has 0 bridgehead atoms. The number of nitrogens with zero attached hydrogens (tertiary/aromatic N) is 3. The number of para-hydroxylation sites is 2. The van der Waals surface area contributed by atoms with Crippen molar-refractivity contribution in [2.75, 3.05) is 25.5 Å². The molecule has 1 fully saturated rings. The summed E-state index contributed by atoms with van der Waals surface area (Å²) in [6.07, 6.45) is 3.49. The molecule has 0 amide bonds. The number of benzene rings is 2. The van der Waals surface area contributed by atoms with Gasteiger partial charge in [-0.3, -0.25) is 0 Å². The molecular weight excluding hydrogens is 379 g/mol. The molecule has 4 nitrogen and oxygen atoms in total. The van der Waals surface area contributed by atoms with Gasteiger partial charge in [-0.2, -0.15) is 0 Å². The topological polar surface area (TPSA) is 33.1 Å². The van der Waals surface area contributed by atoms with Gasteiger partial charge in [-0.05, 0) is 69.2 Å². The number of anilines is 1. The van der Waals surface area contributed by atoms with Gasteiger partial charge in [0, 0.05) is 16.1 Å². The minimum absolute atomic E-state index is 0.436. The second kappa shape index (κ2) is 8.09. The zero-order valence-corrected chi connectivity index (χ0v) is 17.0. The normalized spacial score (nSPS) is 18.6. The SMILES string of the molecule is CN1CCCC(Nc2nc3ccccc3n2Cc2ccc(Cl)cc2Cl)CC1. The van der Waals surface area contributed by atoms with Crippen LogP contribution in [0, 0.1) is 0 Å². The third kappa shape index (κ3) is 4.23. The lowest BCUT2D eigenvalue weighted by Gasteiger charge is -2.19. The smallest absolute Gasteiger partial charge is 0.204 e. The van der Waals surface area contributed by atoms with E-state index < -0.39 is 0 Å². The number of hydrogen-bond donors (Lipinski definition) is 1. The van der Waals surface area contributed by atoms with Crippen molar-refractivity contribution in [2.24, 2.45) is 0 Å². The van der Waals surface area contributed by atoms with Gasteiger partial charge in [0.05, 0.1) is 17.6 Å². The van der Waals surface area contributed by atoms with E-state index in [0.29, 0.717) is 22.6 Å². The predicted molar refractivity (Wildman–Crippen MR) is 114 cm³/mol. The summed E-state index contributed by atoms with van der Waals surface area (Å²) in [6.45, 7) is 2.93. The van der Waals surface area contributed by atoms with Crippen LogP contribution in [-0.2, 0) is 6.54 Å². The molecule has 1 unspecified atom stereocenters. The molecule has 1 saturated heterocycles. The molecule has 6 heteroatoms. The molecule has 1 aliphatic rings. The second-order valence-corrected chi connectivity index (χ2v) is 8.17. The number of likely N-dealkylation sites (tertiary alicyclic amines) is 1. The average Bonchev–Trinajstić information content (AvgIpc) is 2.85. The lowest BCUT2D eigenvalue weighted by molar-refractivity contribution is 0.348. The molecule has 1 aliphatic heterocycles. The number of rotatable bonds is 4. The van der Waals surface area contributed by atoms with E-state index in [2.05, 4.69) is 34.0 Å². The van der Waals surface area contributed by atoms with Crippen LogP contribution in [0.3, 0.4) is 0 Å². The van der Waals surface area contributed by atoms with Crippen molar-refractivity contribution >= 4 is 40.2 Å². The van der Waals surface area contributed by atoms with E-state index in [9.17, 15) is 0 Å². The van der Waals surface area contributed by atoms with E-state index >= 15 is 0 Å². The van der Waals surface area contributed by atoms with Crippen LogP contribution in [0.2, 0.25) is 10.0 Å². The predicted octanol–water partition coefficient (Wildman–Crippen LogP) is 5.29. The highest BCUT2D eigenvalue weighted by Crippen LogP contribution is 2.27. The van der Waals surface area contributed by atoms with Crippen LogP contribution in [0.25, 0.3) is 11.0 Å². The van der Waals surface area contributed by atoms with E-state index in [1.807, 2.05) is 24.3 Å². The quantitative estimate of drug-likeness (QED) is 0.643. The number of halogens is 2. The number of hydrogen-bond acceptors (Lipinski definition) is 3. The molecular formula is C21H24Cl2N4. The van der Waals surface area contributed by atoms with E-state index in [4.69, 9.17) is 28.2 Å². The molecule has 27 heavy (non-hydrogen) atoms. The molecule has 1 aromatic heterocycles. The summed E-state index contributed by atoms with van der Waals surface area (Å²) in [5.74, 6) is 0.914. The molecule has 3 aromatic rings. The minimum Gasteiger partial charge on any atom is -0.353 e. The standard InChI is InChI=1S/C21H24Cl2N4/c1-26-11-4-5-17(10-12-26)24-21-25-19-6-2-3-7-20(19)27(21)14-15-8-9-16(22)13-18(15)23/h2-3,6-9,13,17H,4-5,10-12,14H2,1H3,(H,24,25). The minimum atomic E-state index is 0.436. The first-order valence-electron chi connectivity index (χ1n) is 9.44. The Kier molecular flexibility index (Phi) is 5.58. The summed E-state index contributed by atoms with van der Waals surface area (Å²) in [5, 5.41) is 5.04. The summed E-state index contributed by atoms with van der Waals surface area (Å²) in [5.41, 5.74) is 3.14. The first-order valence-corrected chi connectivity index (χ1v) is 10.2. The third-order valence-corrected chi connectivity index (χ3v) is 5.87. The highest BCUT2D eigenvalue weighted by Gasteiger charge is 2.19. The van der Waals surface area contributed by atoms with Crippen LogP contribution in [0.15, 0.2) is 42.5 Å². The van der Waals surface area contributed by atoms with Crippen LogP contribution >= 0.6 is 23.2 Å². The summed E-state index contributed by atoms with van der Waals surface area (Å²) >= 11 is 12.5. The van der Waals surface area contributed by atoms with Crippen LogP contribution in [-0.4, -0.2) is 40.6 Å². The Morgan fingerprint density at radius 1 is 1.11 bits per heavy atom. The van der Waals surface area contributed by atoms with Gasteiger partial charge in [-0.25, -0.2) is 4.98 Å². The van der Waals surface area contributed by atoms with E-state index in [0.717, 1.165) is 48.5 Å². The van der Waals surface area contributed by atoms with Gasteiger partial charge in [0.1, 0.15) is 0 Å². The molecule has 0 aliphatic carbocycles. The molecule has 2 heterocycles. The number of aromatic nitrogens is 2. The lowest BCUT2D eigenvalue weighted by Crippen LogP contribution is -2.24. The number of nitrogens with one attached hydrogen (secondary N) is 1. The first kappa shape index (κ1) is 18.6. The van der Waals surface area contributed by atoms with E-state index in [1.54, 1.807) is 6.07 Å². The Bertz CT molecular complexity index is 937. The van der Waals surface area contributed by atoms with Gasteiger partial charge in [0.15, 0.2) is 0 Å². The van der Waals surface area contributed by atoms with Gasteiger partial charge in [0.2, 0.25) is 5.95 Å². The second-order valence-electron chi connectivity index (χ2n) is 7.32. The maximum Gasteiger partial charge on any atom is 0.204 e. The summed E-state index contributed by atoms with van der Waals surface area (Å²) in [6, 6.07) is 14.4. The highest BCUT2D eigenvalue weighted by atomic mass is 35.5. The van der Waals surface area contributed by atoms with Gasteiger partial charge in [0.25, 0.3) is 0 Å². The first-order chi connectivity index (χ1) is 13.1. The summed E-state index contributed by atoms with van der Waals surface area (Å²) in [4.78, 5) is 7.27. The van der Waals surface area contributed by atoms with Crippen molar-refractivity contribution < 1.29 is 0 Å². The van der Waals surface area contributed by atoms with Crippen LogP contribution in [0.1, 0.15) is 24.8 Å². The monoisotopic (exact) mass is 402 g/mol. The molecule has 0 spiro atoms. The van der Waals surface area contributed by atoms with Crippen molar-refractivity contribution in [3.05, 3.63) is 58.1 Å². The highest BCUT2D eigenvalue weighted by molar-refractivity contribution is 6.35. The fourth-order valence-corrected chi connectivity index (χ4v) is 4.20. The maximum atomic E-state index is 6.44. The van der Waals surface area contributed by atoms with Crippen molar-refractivity contribution in [1.29, 1.82) is 0 Å².